The first kappa shape index (κ1) is 16.4. The summed E-state index contributed by atoms with van der Waals surface area (Å²) in [6, 6.07) is 2.00. The summed E-state index contributed by atoms with van der Waals surface area (Å²) in [5.74, 6) is 0.741. The van der Waals surface area contributed by atoms with E-state index >= 15 is 0 Å². The number of aromatic nitrogens is 4. The number of nitrogens with one attached hydrogen (secondary N) is 1. The maximum atomic E-state index is 12.4. The standard InChI is InChI=1S/C16H22N6O2/c1-11-14(9-21(2)20-11)16(23)18-7-12-6-13(24-3)8-22(12)15-4-5-17-10-19-15/h4-5,9-10,12-13H,6-8H2,1-3H3,(H,18,23)/t12-,13-/m1/s1. The van der Waals surface area contributed by atoms with E-state index in [1.165, 1.54) is 6.33 Å². The van der Waals surface area contributed by atoms with Gasteiger partial charge in [0.1, 0.15) is 12.1 Å². The summed E-state index contributed by atoms with van der Waals surface area (Å²) in [5, 5.41) is 7.21. The van der Waals surface area contributed by atoms with Crippen LogP contribution in [0.4, 0.5) is 5.82 Å². The quantitative estimate of drug-likeness (QED) is 0.861. The molecule has 3 rings (SSSR count). The minimum Gasteiger partial charge on any atom is -0.380 e. The third-order valence-corrected chi connectivity index (χ3v) is 4.33. The SMILES string of the molecule is CO[C@@H]1C[C@H](CNC(=O)c2cn(C)nc2C)N(c2ccncn2)C1. The molecule has 0 unspecified atom stereocenters. The van der Waals surface area contributed by atoms with Crippen molar-refractivity contribution >= 4 is 11.7 Å². The lowest BCUT2D eigenvalue weighted by Gasteiger charge is -2.25. The lowest BCUT2D eigenvalue weighted by atomic mass is 10.2. The molecule has 3 heterocycles. The molecule has 1 amide bonds. The number of rotatable bonds is 5. The predicted molar refractivity (Wildman–Crippen MR) is 88.9 cm³/mol. The third kappa shape index (κ3) is 3.38. The van der Waals surface area contributed by atoms with Gasteiger partial charge in [-0.2, -0.15) is 5.10 Å². The summed E-state index contributed by atoms with van der Waals surface area (Å²) >= 11 is 0. The maximum absolute atomic E-state index is 12.4. The highest BCUT2D eigenvalue weighted by molar-refractivity contribution is 5.95. The molecule has 0 bridgehead atoms. The second kappa shape index (κ2) is 6.96. The highest BCUT2D eigenvalue weighted by Crippen LogP contribution is 2.24. The van der Waals surface area contributed by atoms with Crippen molar-refractivity contribution in [3.63, 3.8) is 0 Å². The number of nitrogens with zero attached hydrogens (tertiary/aromatic N) is 5. The smallest absolute Gasteiger partial charge is 0.254 e. The molecule has 1 fully saturated rings. The molecule has 1 aliphatic heterocycles. The largest absolute Gasteiger partial charge is 0.380 e. The van der Waals surface area contributed by atoms with Crippen LogP contribution in [0.15, 0.2) is 24.8 Å². The summed E-state index contributed by atoms with van der Waals surface area (Å²) in [7, 11) is 3.52. The number of methoxy groups -OCH3 is 1. The van der Waals surface area contributed by atoms with Crippen molar-refractivity contribution < 1.29 is 9.53 Å². The number of ether oxygens (including phenoxy) is 1. The number of hydrogen-bond acceptors (Lipinski definition) is 6. The molecule has 0 spiro atoms. The van der Waals surface area contributed by atoms with Crippen LogP contribution in [0, 0.1) is 6.92 Å². The first-order chi connectivity index (χ1) is 11.6. The third-order valence-electron chi connectivity index (χ3n) is 4.33. The fraction of sp³-hybridized carbons (Fsp3) is 0.500. The Bertz CT molecular complexity index is 702. The van der Waals surface area contributed by atoms with Crippen LogP contribution in [-0.4, -0.2) is 58.0 Å². The number of hydrogen-bond donors (Lipinski definition) is 1. The molecule has 0 radical (unpaired) electrons. The summed E-state index contributed by atoms with van der Waals surface area (Å²) in [6.45, 7) is 3.11. The normalized spacial score (nSPS) is 20.4. The van der Waals surface area contributed by atoms with E-state index in [0.29, 0.717) is 12.1 Å². The number of carbonyl (C=O) groups is 1. The van der Waals surface area contributed by atoms with E-state index in [4.69, 9.17) is 4.74 Å². The molecule has 1 aliphatic rings. The Balaban J connectivity index is 1.68. The van der Waals surface area contributed by atoms with E-state index in [1.807, 2.05) is 13.0 Å². The van der Waals surface area contributed by atoms with Crippen molar-refractivity contribution in [1.82, 2.24) is 25.1 Å². The number of aryl methyl sites for hydroxylation is 2. The summed E-state index contributed by atoms with van der Waals surface area (Å²) in [4.78, 5) is 22.8. The fourth-order valence-corrected chi connectivity index (χ4v) is 3.10. The van der Waals surface area contributed by atoms with Crippen molar-refractivity contribution in [2.75, 3.05) is 25.1 Å². The van der Waals surface area contributed by atoms with E-state index in [1.54, 1.807) is 31.2 Å². The molecule has 8 nitrogen and oxygen atoms in total. The Morgan fingerprint density at radius 1 is 1.50 bits per heavy atom. The van der Waals surface area contributed by atoms with Gasteiger partial charge in [-0.15, -0.1) is 0 Å². The van der Waals surface area contributed by atoms with Crippen molar-refractivity contribution in [3.8, 4) is 0 Å². The first-order valence-electron chi connectivity index (χ1n) is 7.92. The van der Waals surface area contributed by atoms with Crippen LogP contribution in [0.2, 0.25) is 0 Å². The van der Waals surface area contributed by atoms with Gasteiger partial charge in [0.25, 0.3) is 5.91 Å². The zero-order valence-electron chi connectivity index (χ0n) is 14.1. The Labute approximate surface area is 140 Å². The van der Waals surface area contributed by atoms with Gasteiger partial charge in [-0.1, -0.05) is 0 Å². The van der Waals surface area contributed by atoms with Crippen molar-refractivity contribution in [1.29, 1.82) is 0 Å². The molecule has 2 aromatic heterocycles. The van der Waals surface area contributed by atoms with Gasteiger partial charge in [0.2, 0.25) is 0 Å². The number of anilines is 1. The minimum absolute atomic E-state index is 0.107. The molecule has 0 aliphatic carbocycles. The van der Waals surface area contributed by atoms with Crippen LogP contribution in [0.3, 0.4) is 0 Å². The number of amides is 1. The van der Waals surface area contributed by atoms with Crippen molar-refractivity contribution in [2.45, 2.75) is 25.5 Å². The minimum atomic E-state index is -0.107. The summed E-state index contributed by atoms with van der Waals surface area (Å²) < 4.78 is 7.14. The summed E-state index contributed by atoms with van der Waals surface area (Å²) in [6.07, 6.45) is 5.95. The van der Waals surface area contributed by atoms with E-state index < -0.39 is 0 Å². The Morgan fingerprint density at radius 3 is 2.96 bits per heavy atom. The molecule has 8 heteroatoms. The van der Waals surface area contributed by atoms with Gasteiger partial charge in [-0.3, -0.25) is 9.48 Å². The Hall–Kier alpha value is -2.48. The van der Waals surface area contributed by atoms with Crippen LogP contribution in [0.1, 0.15) is 22.5 Å². The van der Waals surface area contributed by atoms with Crippen LogP contribution < -0.4 is 10.2 Å². The zero-order valence-corrected chi connectivity index (χ0v) is 14.1. The molecule has 2 aromatic rings. The zero-order chi connectivity index (χ0) is 17.1. The second-order valence-corrected chi connectivity index (χ2v) is 5.98. The first-order valence-corrected chi connectivity index (χ1v) is 7.92. The molecule has 0 saturated carbocycles. The molecule has 2 atom stereocenters. The van der Waals surface area contributed by atoms with Crippen molar-refractivity contribution in [2.24, 2.45) is 7.05 Å². The van der Waals surface area contributed by atoms with Crippen LogP contribution in [-0.2, 0) is 11.8 Å². The average molecular weight is 330 g/mol. The molecule has 0 aromatic carbocycles. The van der Waals surface area contributed by atoms with Gasteiger partial charge in [-0.25, -0.2) is 9.97 Å². The highest BCUT2D eigenvalue weighted by Gasteiger charge is 2.33. The van der Waals surface area contributed by atoms with Crippen LogP contribution >= 0.6 is 0 Å². The van der Waals surface area contributed by atoms with E-state index in [2.05, 4.69) is 25.3 Å². The second-order valence-electron chi connectivity index (χ2n) is 5.98. The topological polar surface area (TPSA) is 85.2 Å². The molecular formula is C16H22N6O2. The predicted octanol–water partition coefficient (Wildman–Crippen LogP) is 0.542. The number of carbonyl (C=O) groups excluding carboxylic acids is 1. The molecular weight excluding hydrogens is 308 g/mol. The lowest BCUT2D eigenvalue weighted by Crippen LogP contribution is -2.40. The monoisotopic (exact) mass is 330 g/mol. The molecule has 24 heavy (non-hydrogen) atoms. The average Bonchev–Trinajstić information content (AvgIpc) is 3.16. The van der Waals surface area contributed by atoms with E-state index in [-0.39, 0.29) is 18.1 Å². The van der Waals surface area contributed by atoms with Gasteiger partial charge in [-0.05, 0) is 19.4 Å². The Kier molecular flexibility index (Phi) is 4.75. The summed E-state index contributed by atoms with van der Waals surface area (Å²) in [5.41, 5.74) is 1.33. The van der Waals surface area contributed by atoms with E-state index in [9.17, 15) is 4.79 Å². The van der Waals surface area contributed by atoms with Gasteiger partial charge < -0.3 is 15.0 Å². The van der Waals surface area contributed by atoms with Gasteiger partial charge in [0, 0.05) is 39.6 Å². The van der Waals surface area contributed by atoms with Gasteiger partial charge in [0.05, 0.1) is 23.4 Å². The van der Waals surface area contributed by atoms with Crippen LogP contribution in [0.25, 0.3) is 0 Å². The van der Waals surface area contributed by atoms with E-state index in [0.717, 1.165) is 24.5 Å². The molecule has 1 saturated heterocycles. The van der Waals surface area contributed by atoms with Crippen molar-refractivity contribution in [3.05, 3.63) is 36.0 Å². The molecule has 128 valence electrons. The maximum Gasteiger partial charge on any atom is 0.254 e. The lowest BCUT2D eigenvalue weighted by molar-refractivity contribution is 0.0945. The van der Waals surface area contributed by atoms with Crippen LogP contribution in [0.5, 0.6) is 0 Å². The fourth-order valence-electron chi connectivity index (χ4n) is 3.10. The van der Waals surface area contributed by atoms with Gasteiger partial charge in [0.15, 0.2) is 0 Å². The van der Waals surface area contributed by atoms with Gasteiger partial charge >= 0.3 is 0 Å². The Morgan fingerprint density at radius 2 is 2.33 bits per heavy atom. The molecule has 1 N–H and O–H groups in total. The highest BCUT2D eigenvalue weighted by atomic mass is 16.5.